The molecule has 0 radical (unpaired) electrons. The number of fused-ring (bicyclic) bond motifs is 1. The summed E-state index contributed by atoms with van der Waals surface area (Å²) in [4.78, 5) is 28.1. The molecule has 3 rings (SSSR count). The number of hydrogen-bond donors (Lipinski definition) is 1. The number of ether oxygens (including phenoxy) is 3. The number of aryl methyl sites for hydroxylation is 1. The van der Waals surface area contributed by atoms with E-state index >= 15 is 0 Å². The van der Waals surface area contributed by atoms with Crippen molar-refractivity contribution in [2.45, 2.75) is 13.0 Å². The first-order valence-electron chi connectivity index (χ1n) is 7.61. The van der Waals surface area contributed by atoms with Crippen molar-refractivity contribution in [3.05, 3.63) is 46.1 Å². The Morgan fingerprint density at radius 2 is 2.00 bits per heavy atom. The van der Waals surface area contributed by atoms with Gasteiger partial charge in [0.05, 0.1) is 15.7 Å². The standard InChI is InChI=1S/C17H14Cl2N2O5/c1-9-10(18)6-11(19)16(20-9)21-15(22)8-25-17(23)14-7-24-12-4-2-3-5-13(12)26-14/h2-6,14H,7-8H2,1H3,(H,20,21,22)/t14-/m0/s1. The van der Waals surface area contributed by atoms with Crippen molar-refractivity contribution < 1.29 is 23.8 Å². The number of halogens is 2. The second-order valence-corrected chi connectivity index (χ2v) is 6.22. The number of nitrogens with one attached hydrogen (secondary N) is 1. The number of rotatable bonds is 4. The van der Waals surface area contributed by atoms with Gasteiger partial charge in [0.25, 0.3) is 5.91 Å². The lowest BCUT2D eigenvalue weighted by Crippen LogP contribution is -2.39. The zero-order valence-corrected chi connectivity index (χ0v) is 15.1. The third kappa shape index (κ3) is 4.17. The normalized spacial score (nSPS) is 15.3. The maximum atomic E-state index is 12.1. The molecular weight excluding hydrogens is 383 g/mol. The van der Waals surface area contributed by atoms with E-state index in [2.05, 4.69) is 10.3 Å². The lowest BCUT2D eigenvalue weighted by molar-refractivity contribution is -0.156. The summed E-state index contributed by atoms with van der Waals surface area (Å²) in [5.74, 6) is -0.167. The van der Waals surface area contributed by atoms with Gasteiger partial charge in [-0.3, -0.25) is 4.79 Å². The number of carbonyl (C=O) groups is 2. The third-order valence-electron chi connectivity index (χ3n) is 3.48. The second-order valence-electron chi connectivity index (χ2n) is 5.41. The summed E-state index contributed by atoms with van der Waals surface area (Å²) >= 11 is 11.9. The van der Waals surface area contributed by atoms with E-state index < -0.39 is 24.6 Å². The van der Waals surface area contributed by atoms with Crippen LogP contribution in [0.5, 0.6) is 11.5 Å². The van der Waals surface area contributed by atoms with Gasteiger partial charge in [-0.25, -0.2) is 9.78 Å². The van der Waals surface area contributed by atoms with Crippen LogP contribution in [-0.4, -0.2) is 36.2 Å². The van der Waals surface area contributed by atoms with Gasteiger partial charge in [0.2, 0.25) is 6.10 Å². The molecule has 136 valence electrons. The number of benzene rings is 1. The molecule has 0 bridgehead atoms. The van der Waals surface area contributed by atoms with E-state index in [4.69, 9.17) is 37.4 Å². The van der Waals surface area contributed by atoms with E-state index in [1.807, 2.05) is 0 Å². The highest BCUT2D eigenvalue weighted by atomic mass is 35.5. The molecular formula is C17H14Cl2N2O5. The fourth-order valence-electron chi connectivity index (χ4n) is 2.18. The first kappa shape index (κ1) is 18.3. The molecule has 2 heterocycles. The minimum atomic E-state index is -0.947. The van der Waals surface area contributed by atoms with E-state index in [0.717, 1.165) is 0 Å². The van der Waals surface area contributed by atoms with Gasteiger partial charge >= 0.3 is 5.97 Å². The average molecular weight is 397 g/mol. The zero-order valence-electron chi connectivity index (χ0n) is 13.6. The number of carbonyl (C=O) groups excluding carboxylic acids is 2. The fraction of sp³-hybridized carbons (Fsp3) is 0.235. The van der Waals surface area contributed by atoms with Crippen LogP contribution in [0.1, 0.15) is 5.69 Å². The largest absolute Gasteiger partial charge is 0.485 e. The van der Waals surface area contributed by atoms with Crippen LogP contribution in [0.25, 0.3) is 0 Å². The monoisotopic (exact) mass is 396 g/mol. The van der Waals surface area contributed by atoms with Crippen molar-refractivity contribution in [2.75, 3.05) is 18.5 Å². The van der Waals surface area contributed by atoms with Gasteiger partial charge in [0.1, 0.15) is 6.61 Å². The van der Waals surface area contributed by atoms with E-state index in [1.165, 1.54) is 6.07 Å². The lowest BCUT2D eigenvalue weighted by atomic mass is 10.2. The summed E-state index contributed by atoms with van der Waals surface area (Å²) < 4.78 is 15.9. The van der Waals surface area contributed by atoms with Gasteiger partial charge in [0.15, 0.2) is 23.9 Å². The molecule has 1 aliphatic heterocycles. The third-order valence-corrected chi connectivity index (χ3v) is 4.15. The second kappa shape index (κ2) is 7.80. The number of esters is 1. The Kier molecular flexibility index (Phi) is 5.49. The Balaban J connectivity index is 1.53. The number of amides is 1. The van der Waals surface area contributed by atoms with E-state index in [1.54, 1.807) is 31.2 Å². The van der Waals surface area contributed by atoms with Crippen molar-refractivity contribution in [3.63, 3.8) is 0 Å². The Morgan fingerprint density at radius 3 is 2.77 bits per heavy atom. The maximum absolute atomic E-state index is 12.1. The molecule has 1 aromatic heterocycles. The van der Waals surface area contributed by atoms with E-state index in [-0.39, 0.29) is 17.4 Å². The highest BCUT2D eigenvalue weighted by molar-refractivity contribution is 6.36. The number of aromatic nitrogens is 1. The van der Waals surface area contributed by atoms with E-state index in [9.17, 15) is 9.59 Å². The van der Waals surface area contributed by atoms with Crippen molar-refractivity contribution in [2.24, 2.45) is 0 Å². The van der Waals surface area contributed by atoms with Crippen LogP contribution >= 0.6 is 23.2 Å². The van der Waals surface area contributed by atoms with Crippen LogP contribution in [0.2, 0.25) is 10.0 Å². The summed E-state index contributed by atoms with van der Waals surface area (Å²) in [6.07, 6.45) is -0.947. The molecule has 0 saturated heterocycles. The summed E-state index contributed by atoms with van der Waals surface area (Å²) in [7, 11) is 0. The first-order valence-corrected chi connectivity index (χ1v) is 8.37. The molecule has 0 fully saturated rings. The minimum absolute atomic E-state index is 0.00122. The first-order chi connectivity index (χ1) is 12.4. The van der Waals surface area contributed by atoms with Gasteiger partial charge in [-0.1, -0.05) is 35.3 Å². The van der Waals surface area contributed by atoms with Gasteiger partial charge in [0, 0.05) is 0 Å². The molecule has 1 amide bonds. The number of anilines is 1. The lowest BCUT2D eigenvalue weighted by Gasteiger charge is -2.24. The Morgan fingerprint density at radius 1 is 1.27 bits per heavy atom. The molecule has 1 aliphatic rings. The smallest absolute Gasteiger partial charge is 0.351 e. The number of pyridine rings is 1. The predicted octanol–water partition coefficient (Wildman–Crippen LogP) is 3.02. The highest BCUT2D eigenvalue weighted by Crippen LogP contribution is 2.31. The molecule has 0 spiro atoms. The predicted molar refractivity (Wildman–Crippen MR) is 94.9 cm³/mol. The van der Waals surface area contributed by atoms with Crippen molar-refractivity contribution >= 4 is 40.9 Å². The molecule has 0 saturated carbocycles. The molecule has 9 heteroatoms. The molecule has 1 atom stereocenters. The van der Waals surface area contributed by atoms with Gasteiger partial charge in [-0.05, 0) is 25.1 Å². The van der Waals surface area contributed by atoms with Crippen LogP contribution < -0.4 is 14.8 Å². The van der Waals surface area contributed by atoms with Crippen molar-refractivity contribution in [3.8, 4) is 11.5 Å². The highest BCUT2D eigenvalue weighted by Gasteiger charge is 2.29. The number of nitrogens with zero attached hydrogens (tertiary/aromatic N) is 1. The Bertz CT molecular complexity index is 859. The van der Waals surface area contributed by atoms with Crippen LogP contribution in [0.15, 0.2) is 30.3 Å². The SMILES string of the molecule is Cc1nc(NC(=O)COC(=O)[C@@H]2COc3ccccc3O2)c(Cl)cc1Cl. The molecule has 1 N–H and O–H groups in total. The minimum Gasteiger partial charge on any atom is -0.485 e. The molecule has 26 heavy (non-hydrogen) atoms. The Labute approximate surface area is 159 Å². The molecule has 7 nitrogen and oxygen atoms in total. The Hall–Kier alpha value is -2.51. The summed E-state index contributed by atoms with van der Waals surface area (Å²) in [5, 5.41) is 3.03. The zero-order chi connectivity index (χ0) is 18.7. The van der Waals surface area contributed by atoms with Gasteiger partial charge in [-0.15, -0.1) is 0 Å². The average Bonchev–Trinajstić information content (AvgIpc) is 2.63. The van der Waals surface area contributed by atoms with Crippen LogP contribution in [0.4, 0.5) is 5.82 Å². The summed E-state index contributed by atoms with van der Waals surface area (Å²) in [6, 6.07) is 8.43. The molecule has 2 aromatic rings. The molecule has 1 aromatic carbocycles. The van der Waals surface area contributed by atoms with Crippen LogP contribution in [0.3, 0.4) is 0 Å². The number of para-hydroxylation sites is 2. The van der Waals surface area contributed by atoms with Crippen LogP contribution in [0, 0.1) is 6.92 Å². The van der Waals surface area contributed by atoms with Crippen LogP contribution in [-0.2, 0) is 14.3 Å². The fourth-order valence-corrected chi connectivity index (χ4v) is 2.59. The quantitative estimate of drug-likeness (QED) is 0.799. The summed E-state index contributed by atoms with van der Waals surface area (Å²) in [6.45, 7) is 1.16. The van der Waals surface area contributed by atoms with E-state index in [0.29, 0.717) is 22.2 Å². The molecule has 0 unspecified atom stereocenters. The topological polar surface area (TPSA) is 86.8 Å². The maximum Gasteiger partial charge on any atom is 0.351 e. The van der Waals surface area contributed by atoms with Crippen molar-refractivity contribution in [1.29, 1.82) is 0 Å². The number of hydrogen-bond acceptors (Lipinski definition) is 6. The molecule has 0 aliphatic carbocycles. The summed E-state index contributed by atoms with van der Waals surface area (Å²) in [5.41, 5.74) is 0.509. The van der Waals surface area contributed by atoms with Crippen molar-refractivity contribution in [1.82, 2.24) is 4.98 Å². The van der Waals surface area contributed by atoms with Gasteiger partial charge in [-0.2, -0.15) is 0 Å². The van der Waals surface area contributed by atoms with Gasteiger partial charge < -0.3 is 19.5 Å².